The molecule has 0 spiro atoms. The van der Waals surface area contributed by atoms with Crippen LogP contribution in [0.4, 0.5) is 0 Å². The molecule has 2 fully saturated rings. The molecular weight excluding hydrogens is 350 g/mol. The number of amides is 1. The first-order chi connectivity index (χ1) is 13.7. The summed E-state index contributed by atoms with van der Waals surface area (Å²) in [5.41, 5.74) is 3.04. The van der Waals surface area contributed by atoms with E-state index in [4.69, 9.17) is 9.47 Å². The summed E-state index contributed by atoms with van der Waals surface area (Å²) in [4.78, 5) is 15.0. The average Bonchev–Trinajstić information content (AvgIpc) is 3.57. The molecule has 28 heavy (non-hydrogen) atoms. The number of hydrogen-bond donors (Lipinski definition) is 0. The van der Waals surface area contributed by atoms with E-state index < -0.39 is 0 Å². The number of rotatable bonds is 7. The third kappa shape index (κ3) is 4.93. The molecule has 4 heteroatoms. The largest absolute Gasteiger partial charge is 0.491 e. The monoisotopic (exact) mass is 379 g/mol. The Kier molecular flexibility index (Phi) is 5.96. The van der Waals surface area contributed by atoms with Gasteiger partial charge in [-0.2, -0.15) is 0 Å². The molecule has 4 rings (SSSR count). The van der Waals surface area contributed by atoms with Gasteiger partial charge in [0.1, 0.15) is 12.4 Å². The normalized spacial score (nSPS) is 19.2. The van der Waals surface area contributed by atoms with E-state index in [9.17, 15) is 4.79 Å². The predicted octanol–water partition coefficient (Wildman–Crippen LogP) is 4.75. The maximum atomic E-state index is 13.0. The Morgan fingerprint density at radius 1 is 1.11 bits per heavy atom. The molecule has 1 saturated heterocycles. The fourth-order valence-corrected chi connectivity index (χ4v) is 3.67. The second-order valence-electron chi connectivity index (χ2n) is 7.98. The highest BCUT2D eigenvalue weighted by atomic mass is 16.5. The molecule has 1 aliphatic carbocycles. The van der Waals surface area contributed by atoms with Crippen molar-refractivity contribution in [3.63, 3.8) is 0 Å². The van der Waals surface area contributed by atoms with E-state index >= 15 is 0 Å². The lowest BCUT2D eigenvalue weighted by atomic mass is 10.1. The van der Waals surface area contributed by atoms with Crippen molar-refractivity contribution in [3.05, 3.63) is 65.2 Å². The standard InChI is InChI=1S/C24H29NO3/c1-18-8-10-20(11-9-18)24(26)25(21-12-13-21)16-19-5-4-7-22(15-19)28-17-23-6-2-3-14-27-23/h4-5,7-11,15,21,23H,2-3,6,12-14,16-17H2,1H3/t23-/m1/s1. The summed E-state index contributed by atoms with van der Waals surface area (Å²) in [6, 6.07) is 16.3. The zero-order valence-corrected chi connectivity index (χ0v) is 16.6. The van der Waals surface area contributed by atoms with Crippen LogP contribution in [0.2, 0.25) is 0 Å². The number of nitrogens with zero attached hydrogens (tertiary/aromatic N) is 1. The van der Waals surface area contributed by atoms with Crippen molar-refractivity contribution in [2.45, 2.75) is 57.7 Å². The third-order valence-corrected chi connectivity index (χ3v) is 5.51. The summed E-state index contributed by atoms with van der Waals surface area (Å²) >= 11 is 0. The van der Waals surface area contributed by atoms with Gasteiger partial charge in [0.15, 0.2) is 0 Å². The molecule has 1 atom stereocenters. The van der Waals surface area contributed by atoms with Crippen LogP contribution in [0, 0.1) is 6.92 Å². The lowest BCUT2D eigenvalue weighted by Gasteiger charge is -2.24. The fraction of sp³-hybridized carbons (Fsp3) is 0.458. The molecular formula is C24H29NO3. The van der Waals surface area contributed by atoms with Crippen molar-refractivity contribution in [2.24, 2.45) is 0 Å². The van der Waals surface area contributed by atoms with Gasteiger partial charge in [-0.3, -0.25) is 4.79 Å². The number of hydrogen-bond acceptors (Lipinski definition) is 3. The van der Waals surface area contributed by atoms with Crippen molar-refractivity contribution in [2.75, 3.05) is 13.2 Å². The Labute approximate surface area is 167 Å². The third-order valence-electron chi connectivity index (χ3n) is 5.51. The molecule has 1 saturated carbocycles. The molecule has 0 bridgehead atoms. The van der Waals surface area contributed by atoms with E-state index in [1.165, 1.54) is 12.0 Å². The van der Waals surface area contributed by atoms with E-state index in [-0.39, 0.29) is 12.0 Å². The van der Waals surface area contributed by atoms with Gasteiger partial charge < -0.3 is 14.4 Å². The van der Waals surface area contributed by atoms with Crippen LogP contribution in [-0.4, -0.2) is 36.2 Å². The Morgan fingerprint density at radius 3 is 2.64 bits per heavy atom. The van der Waals surface area contributed by atoms with E-state index in [2.05, 4.69) is 12.1 Å². The van der Waals surface area contributed by atoms with E-state index in [0.29, 0.717) is 19.2 Å². The second kappa shape index (κ2) is 8.78. The van der Waals surface area contributed by atoms with Crippen LogP contribution in [0.25, 0.3) is 0 Å². The summed E-state index contributed by atoms with van der Waals surface area (Å²) in [6.45, 7) is 4.09. The van der Waals surface area contributed by atoms with Gasteiger partial charge >= 0.3 is 0 Å². The lowest BCUT2D eigenvalue weighted by molar-refractivity contribution is -0.0110. The molecule has 4 nitrogen and oxygen atoms in total. The van der Waals surface area contributed by atoms with E-state index in [1.54, 1.807) is 0 Å². The minimum atomic E-state index is 0.115. The number of carbonyl (C=O) groups excluding carboxylic acids is 1. The topological polar surface area (TPSA) is 38.8 Å². The minimum absolute atomic E-state index is 0.115. The molecule has 0 aromatic heterocycles. The van der Waals surface area contributed by atoms with Crippen LogP contribution in [0.15, 0.2) is 48.5 Å². The van der Waals surface area contributed by atoms with Crippen molar-refractivity contribution in [1.82, 2.24) is 4.90 Å². The van der Waals surface area contributed by atoms with Gasteiger partial charge in [-0.1, -0.05) is 29.8 Å². The Bertz CT molecular complexity index is 792. The Hall–Kier alpha value is -2.33. The predicted molar refractivity (Wildman–Crippen MR) is 110 cm³/mol. The SMILES string of the molecule is Cc1ccc(C(=O)N(Cc2cccc(OC[C@H]3CCCCO3)c2)C2CC2)cc1. The van der Waals surface area contributed by atoms with Gasteiger partial charge in [0.2, 0.25) is 0 Å². The number of ether oxygens (including phenoxy) is 2. The quantitative estimate of drug-likeness (QED) is 0.697. The highest BCUT2D eigenvalue weighted by Gasteiger charge is 2.33. The van der Waals surface area contributed by atoms with Crippen LogP contribution in [-0.2, 0) is 11.3 Å². The average molecular weight is 380 g/mol. The summed E-state index contributed by atoms with van der Waals surface area (Å²) in [7, 11) is 0. The summed E-state index contributed by atoms with van der Waals surface area (Å²) in [5, 5.41) is 0. The molecule has 0 unspecified atom stereocenters. The first-order valence-corrected chi connectivity index (χ1v) is 10.4. The van der Waals surface area contributed by atoms with Gasteiger partial charge in [-0.25, -0.2) is 0 Å². The Morgan fingerprint density at radius 2 is 1.93 bits per heavy atom. The highest BCUT2D eigenvalue weighted by Crippen LogP contribution is 2.30. The molecule has 0 N–H and O–H groups in total. The van der Waals surface area contributed by atoms with Gasteiger partial charge in [0, 0.05) is 24.8 Å². The minimum Gasteiger partial charge on any atom is -0.491 e. The lowest BCUT2D eigenvalue weighted by Crippen LogP contribution is -2.32. The molecule has 2 aliphatic rings. The summed E-state index contributed by atoms with van der Waals surface area (Å²) < 4.78 is 11.7. The van der Waals surface area contributed by atoms with Crippen molar-refractivity contribution in [1.29, 1.82) is 0 Å². The Balaban J connectivity index is 1.41. The van der Waals surface area contributed by atoms with Crippen LogP contribution in [0.5, 0.6) is 5.75 Å². The maximum Gasteiger partial charge on any atom is 0.254 e. The maximum absolute atomic E-state index is 13.0. The first kappa shape index (κ1) is 19.0. The van der Waals surface area contributed by atoms with Crippen LogP contribution in [0.1, 0.15) is 53.6 Å². The van der Waals surface area contributed by atoms with Crippen LogP contribution in [0.3, 0.4) is 0 Å². The fourth-order valence-electron chi connectivity index (χ4n) is 3.67. The molecule has 2 aromatic carbocycles. The number of aryl methyl sites for hydroxylation is 1. The molecule has 1 amide bonds. The van der Waals surface area contributed by atoms with Crippen molar-refractivity contribution >= 4 is 5.91 Å². The molecule has 0 radical (unpaired) electrons. The number of carbonyl (C=O) groups is 1. The van der Waals surface area contributed by atoms with E-state index in [0.717, 1.165) is 49.2 Å². The molecule has 1 aliphatic heterocycles. The summed E-state index contributed by atoms with van der Waals surface area (Å²) in [6.07, 6.45) is 5.81. The summed E-state index contributed by atoms with van der Waals surface area (Å²) in [5.74, 6) is 0.967. The second-order valence-corrected chi connectivity index (χ2v) is 7.98. The smallest absolute Gasteiger partial charge is 0.254 e. The van der Waals surface area contributed by atoms with E-state index in [1.807, 2.05) is 48.2 Å². The molecule has 1 heterocycles. The number of benzene rings is 2. The zero-order valence-electron chi connectivity index (χ0n) is 16.6. The van der Waals surface area contributed by atoms with Gasteiger partial charge in [0.05, 0.1) is 6.10 Å². The van der Waals surface area contributed by atoms with Crippen molar-refractivity contribution in [3.8, 4) is 5.75 Å². The highest BCUT2D eigenvalue weighted by molar-refractivity contribution is 5.94. The van der Waals surface area contributed by atoms with Crippen molar-refractivity contribution < 1.29 is 14.3 Å². The van der Waals surface area contributed by atoms with Gasteiger partial charge in [0.25, 0.3) is 5.91 Å². The molecule has 148 valence electrons. The zero-order chi connectivity index (χ0) is 19.3. The van der Waals surface area contributed by atoms with Crippen LogP contribution < -0.4 is 4.74 Å². The first-order valence-electron chi connectivity index (χ1n) is 10.4. The van der Waals surface area contributed by atoms with Gasteiger partial charge in [-0.15, -0.1) is 0 Å². The van der Waals surface area contributed by atoms with Gasteiger partial charge in [-0.05, 0) is 68.9 Å². The molecule has 2 aromatic rings. The van der Waals surface area contributed by atoms with Crippen LogP contribution >= 0.6 is 0 Å².